The molecule has 3 rings (SSSR count). The molecule has 1 aliphatic heterocycles. The maximum absolute atomic E-state index is 12.6. The van der Waals surface area contributed by atoms with Gasteiger partial charge in [0.25, 0.3) is 5.56 Å². The van der Waals surface area contributed by atoms with Crippen LogP contribution in [-0.2, 0) is 21.4 Å². The molecule has 1 amide bonds. The van der Waals surface area contributed by atoms with Crippen molar-refractivity contribution in [3.63, 3.8) is 0 Å². The molecular weight excluding hydrogens is 415 g/mol. The highest BCUT2D eigenvalue weighted by molar-refractivity contribution is 7.89. The van der Waals surface area contributed by atoms with Crippen LogP contribution in [0.15, 0.2) is 46.2 Å². The molecule has 1 saturated heterocycles. The fourth-order valence-electron chi connectivity index (χ4n) is 2.71. The summed E-state index contributed by atoms with van der Waals surface area (Å²) in [6.07, 6.45) is 1.20. The Morgan fingerprint density at radius 1 is 1.07 bits per heavy atom. The van der Waals surface area contributed by atoms with Crippen molar-refractivity contribution in [2.24, 2.45) is 0 Å². The normalized spacial score (nSPS) is 15.7. The van der Waals surface area contributed by atoms with Crippen molar-refractivity contribution in [3.05, 3.63) is 56.9 Å². The van der Waals surface area contributed by atoms with Crippen LogP contribution in [0.5, 0.6) is 0 Å². The Balaban J connectivity index is 1.65. The largest absolute Gasteiger partial charge is 0.338 e. The summed E-state index contributed by atoms with van der Waals surface area (Å²) >= 11 is 11.5. The molecule has 0 N–H and O–H groups in total. The van der Waals surface area contributed by atoms with Crippen LogP contribution in [0.4, 0.5) is 0 Å². The minimum atomic E-state index is -3.59. The third-order valence-electron chi connectivity index (χ3n) is 4.20. The molecule has 0 saturated carbocycles. The summed E-state index contributed by atoms with van der Waals surface area (Å²) in [6, 6.07) is 8.14. The molecule has 0 radical (unpaired) electrons. The number of benzene rings is 1. The van der Waals surface area contributed by atoms with Crippen molar-refractivity contribution in [2.45, 2.75) is 11.4 Å². The lowest BCUT2D eigenvalue weighted by molar-refractivity contribution is -0.133. The van der Waals surface area contributed by atoms with Crippen LogP contribution in [-0.4, -0.2) is 59.5 Å². The van der Waals surface area contributed by atoms with Gasteiger partial charge in [-0.1, -0.05) is 41.4 Å². The van der Waals surface area contributed by atoms with Gasteiger partial charge in [0.05, 0.1) is 16.1 Å². The second kappa shape index (κ2) is 7.97. The first-order valence-electron chi connectivity index (χ1n) is 8.05. The molecule has 1 fully saturated rings. The first kappa shape index (κ1) is 19.8. The summed E-state index contributed by atoms with van der Waals surface area (Å²) in [5.41, 5.74) is -0.650. The minimum absolute atomic E-state index is 0.0186. The zero-order chi connectivity index (χ0) is 19.6. The molecule has 1 aromatic carbocycles. The second-order valence-corrected chi connectivity index (χ2v) is 8.59. The van der Waals surface area contributed by atoms with Gasteiger partial charge in [-0.25, -0.2) is 13.1 Å². The lowest BCUT2D eigenvalue weighted by Gasteiger charge is -2.34. The number of piperazine rings is 1. The van der Waals surface area contributed by atoms with E-state index >= 15 is 0 Å². The van der Waals surface area contributed by atoms with Crippen molar-refractivity contribution in [1.82, 2.24) is 19.0 Å². The number of hydrogen-bond acceptors (Lipinski definition) is 5. The Bertz CT molecular complexity index is 1000. The minimum Gasteiger partial charge on any atom is -0.338 e. The molecule has 1 aromatic heterocycles. The predicted molar refractivity (Wildman–Crippen MR) is 100 cm³/mol. The lowest BCUT2D eigenvalue weighted by atomic mass is 10.3. The Morgan fingerprint density at radius 3 is 2.33 bits per heavy atom. The van der Waals surface area contributed by atoms with Crippen molar-refractivity contribution >= 4 is 39.1 Å². The number of carbonyl (C=O) groups excluding carboxylic acids is 1. The van der Waals surface area contributed by atoms with Crippen LogP contribution in [0.2, 0.25) is 10.0 Å². The van der Waals surface area contributed by atoms with Crippen LogP contribution in [0.25, 0.3) is 0 Å². The van der Waals surface area contributed by atoms with Gasteiger partial charge in [0.15, 0.2) is 0 Å². The number of hydrogen-bond donors (Lipinski definition) is 0. The summed E-state index contributed by atoms with van der Waals surface area (Å²) in [5.74, 6) is -0.347. The van der Waals surface area contributed by atoms with E-state index in [9.17, 15) is 18.0 Å². The van der Waals surface area contributed by atoms with Gasteiger partial charge in [-0.05, 0) is 12.1 Å². The van der Waals surface area contributed by atoms with E-state index in [0.717, 1.165) is 4.68 Å². The third kappa shape index (κ3) is 4.16. The summed E-state index contributed by atoms with van der Waals surface area (Å²) in [5, 5.41) is 3.62. The van der Waals surface area contributed by atoms with Crippen LogP contribution < -0.4 is 5.56 Å². The summed E-state index contributed by atoms with van der Waals surface area (Å²) in [7, 11) is -3.59. The fourth-order valence-corrected chi connectivity index (χ4v) is 4.42. The van der Waals surface area contributed by atoms with Gasteiger partial charge < -0.3 is 4.90 Å². The maximum atomic E-state index is 12.6. The van der Waals surface area contributed by atoms with Gasteiger partial charge in [-0.2, -0.15) is 9.40 Å². The van der Waals surface area contributed by atoms with Crippen molar-refractivity contribution in [3.8, 4) is 0 Å². The van der Waals surface area contributed by atoms with E-state index in [2.05, 4.69) is 5.10 Å². The Morgan fingerprint density at radius 2 is 1.70 bits per heavy atom. The second-order valence-electron chi connectivity index (χ2n) is 5.87. The molecule has 0 bridgehead atoms. The van der Waals surface area contributed by atoms with Gasteiger partial charge in [0.1, 0.15) is 11.6 Å². The van der Waals surface area contributed by atoms with Gasteiger partial charge in [0, 0.05) is 26.2 Å². The van der Waals surface area contributed by atoms with Gasteiger partial charge in [-0.3, -0.25) is 9.59 Å². The lowest BCUT2D eigenvalue weighted by Crippen LogP contribution is -2.51. The first-order chi connectivity index (χ1) is 12.8. The van der Waals surface area contributed by atoms with E-state index in [0.29, 0.717) is 0 Å². The van der Waals surface area contributed by atoms with E-state index in [4.69, 9.17) is 23.2 Å². The van der Waals surface area contributed by atoms with Crippen LogP contribution in [0, 0.1) is 0 Å². The molecule has 0 aliphatic carbocycles. The van der Waals surface area contributed by atoms with Crippen molar-refractivity contribution in [1.29, 1.82) is 0 Å². The first-order valence-corrected chi connectivity index (χ1v) is 10.2. The zero-order valence-electron chi connectivity index (χ0n) is 14.1. The fraction of sp³-hybridized carbons (Fsp3) is 0.312. The summed E-state index contributed by atoms with van der Waals surface area (Å²) < 4.78 is 27.5. The molecule has 0 spiro atoms. The molecule has 0 unspecified atom stereocenters. The molecule has 8 nitrogen and oxygen atoms in total. The molecule has 11 heteroatoms. The number of halogens is 2. The number of rotatable bonds is 4. The number of amides is 1. The molecule has 144 valence electrons. The van der Waals surface area contributed by atoms with Crippen molar-refractivity contribution in [2.75, 3.05) is 26.2 Å². The highest BCUT2D eigenvalue weighted by Gasteiger charge is 2.30. The van der Waals surface area contributed by atoms with Gasteiger partial charge in [0.2, 0.25) is 15.9 Å². The van der Waals surface area contributed by atoms with Crippen LogP contribution >= 0.6 is 23.2 Å². The third-order valence-corrected chi connectivity index (χ3v) is 6.86. The highest BCUT2D eigenvalue weighted by atomic mass is 35.5. The molecular formula is C16H16Cl2N4O4S. The monoisotopic (exact) mass is 430 g/mol. The van der Waals surface area contributed by atoms with E-state index < -0.39 is 15.6 Å². The Kier molecular flexibility index (Phi) is 5.85. The van der Waals surface area contributed by atoms with Crippen LogP contribution in [0.1, 0.15) is 0 Å². The number of aromatic nitrogens is 2. The van der Waals surface area contributed by atoms with Crippen LogP contribution in [0.3, 0.4) is 0 Å². The number of sulfonamides is 1. The molecule has 27 heavy (non-hydrogen) atoms. The highest BCUT2D eigenvalue weighted by Crippen LogP contribution is 2.18. The molecule has 0 atom stereocenters. The zero-order valence-corrected chi connectivity index (χ0v) is 16.4. The van der Waals surface area contributed by atoms with E-state index in [1.54, 1.807) is 18.2 Å². The smallest absolute Gasteiger partial charge is 0.287 e. The topological polar surface area (TPSA) is 92.6 Å². The maximum Gasteiger partial charge on any atom is 0.287 e. The van der Waals surface area contributed by atoms with Crippen molar-refractivity contribution < 1.29 is 13.2 Å². The van der Waals surface area contributed by atoms with Gasteiger partial charge in [-0.15, -0.1) is 0 Å². The average molecular weight is 431 g/mol. The summed E-state index contributed by atoms with van der Waals surface area (Å²) in [6.45, 7) is 0.502. The molecule has 2 aromatic rings. The average Bonchev–Trinajstić information content (AvgIpc) is 2.69. The Hall–Kier alpha value is -1.94. The number of nitrogens with zero attached hydrogens (tertiary/aromatic N) is 4. The standard InChI is InChI=1S/C16H16Cl2N4O4S/c17-13-10-19-22(16(24)15(13)18)11-14(23)20-6-8-21(9-7-20)27(25,26)12-4-2-1-3-5-12/h1-5,10H,6-9,11H2. The van der Waals surface area contributed by atoms with E-state index in [1.165, 1.54) is 27.5 Å². The van der Waals surface area contributed by atoms with E-state index in [-0.39, 0.29) is 53.6 Å². The Labute approximate surface area is 166 Å². The number of carbonyl (C=O) groups is 1. The molecule has 1 aliphatic rings. The SMILES string of the molecule is O=C(Cn1ncc(Cl)c(Cl)c1=O)N1CCN(S(=O)(=O)c2ccccc2)CC1. The van der Waals surface area contributed by atoms with Gasteiger partial charge >= 0.3 is 0 Å². The summed E-state index contributed by atoms with van der Waals surface area (Å²) in [4.78, 5) is 26.1. The van der Waals surface area contributed by atoms with E-state index in [1.807, 2.05) is 0 Å². The predicted octanol–water partition coefficient (Wildman–Crippen LogP) is 1.08. The quantitative estimate of drug-likeness (QED) is 0.723. The molecule has 2 heterocycles.